The molecule has 0 bridgehead atoms. The van der Waals surface area contributed by atoms with Gasteiger partial charge in [-0.2, -0.15) is 4.31 Å². The summed E-state index contributed by atoms with van der Waals surface area (Å²) in [6.07, 6.45) is 0. The molecule has 112 valence electrons. The molecule has 0 aromatic heterocycles. The van der Waals surface area contributed by atoms with E-state index < -0.39 is 27.3 Å². The van der Waals surface area contributed by atoms with Gasteiger partial charge in [0.25, 0.3) is 0 Å². The molecule has 4 nitrogen and oxygen atoms in total. The average molecular weight is 312 g/mol. The summed E-state index contributed by atoms with van der Waals surface area (Å²) in [4.78, 5) is -0.304. The number of halogens is 2. The molecule has 0 spiro atoms. The molecule has 0 atom stereocenters. The third kappa shape index (κ3) is 3.20. The van der Waals surface area contributed by atoms with Gasteiger partial charge in [-0.15, -0.1) is 0 Å². The summed E-state index contributed by atoms with van der Waals surface area (Å²) in [5.41, 5.74) is 5.54. The van der Waals surface area contributed by atoms with Crippen LogP contribution >= 0.6 is 0 Å². The summed E-state index contributed by atoms with van der Waals surface area (Å²) < 4.78 is 52.3. The Morgan fingerprint density at radius 2 is 1.81 bits per heavy atom. The first-order valence-corrected chi connectivity index (χ1v) is 7.51. The predicted octanol–water partition coefficient (Wildman–Crippen LogP) is 2.37. The van der Waals surface area contributed by atoms with E-state index in [9.17, 15) is 17.2 Å². The quantitative estimate of drug-likeness (QED) is 0.882. The van der Waals surface area contributed by atoms with Crippen LogP contribution in [0, 0.1) is 11.6 Å². The SMILES string of the molecule is CN(Cc1cccc(F)c1)S(=O)(=O)c1cccc(F)c1N. The first kappa shape index (κ1) is 15.4. The molecule has 0 fully saturated rings. The Kier molecular flexibility index (Phi) is 4.24. The number of para-hydroxylation sites is 1. The van der Waals surface area contributed by atoms with E-state index in [1.54, 1.807) is 6.07 Å². The first-order valence-electron chi connectivity index (χ1n) is 6.07. The molecule has 2 rings (SSSR count). The fourth-order valence-electron chi connectivity index (χ4n) is 1.89. The third-order valence-corrected chi connectivity index (χ3v) is 4.86. The number of sulfonamides is 1. The van der Waals surface area contributed by atoms with Crippen LogP contribution in [-0.2, 0) is 16.6 Å². The van der Waals surface area contributed by atoms with Crippen LogP contribution in [0.25, 0.3) is 0 Å². The van der Waals surface area contributed by atoms with Crippen LogP contribution < -0.4 is 5.73 Å². The Bertz CT molecular complexity index is 763. The Morgan fingerprint density at radius 3 is 2.48 bits per heavy atom. The van der Waals surface area contributed by atoms with Gasteiger partial charge in [0.15, 0.2) is 0 Å². The van der Waals surface area contributed by atoms with Crippen molar-refractivity contribution in [1.82, 2.24) is 4.31 Å². The summed E-state index contributed by atoms with van der Waals surface area (Å²) in [5, 5.41) is 0. The van der Waals surface area contributed by atoms with E-state index in [4.69, 9.17) is 5.73 Å². The second kappa shape index (κ2) is 5.79. The van der Waals surface area contributed by atoms with Crippen molar-refractivity contribution in [2.24, 2.45) is 0 Å². The van der Waals surface area contributed by atoms with Crippen molar-refractivity contribution in [2.75, 3.05) is 12.8 Å². The number of nitrogens with zero attached hydrogens (tertiary/aromatic N) is 1. The standard InChI is InChI=1S/C14H14F2N2O2S/c1-18(9-10-4-2-5-11(15)8-10)21(19,20)13-7-3-6-12(16)14(13)17/h2-8H,9,17H2,1H3. The molecule has 0 unspecified atom stereocenters. The minimum Gasteiger partial charge on any atom is -0.395 e. The number of nitrogen functional groups attached to an aromatic ring is 1. The minimum atomic E-state index is -3.96. The normalized spacial score (nSPS) is 11.8. The largest absolute Gasteiger partial charge is 0.395 e. The molecule has 0 saturated heterocycles. The molecule has 0 heterocycles. The lowest BCUT2D eigenvalue weighted by atomic mass is 10.2. The van der Waals surface area contributed by atoms with Crippen molar-refractivity contribution < 1.29 is 17.2 Å². The maximum Gasteiger partial charge on any atom is 0.245 e. The number of hydrogen-bond acceptors (Lipinski definition) is 3. The molecule has 21 heavy (non-hydrogen) atoms. The number of anilines is 1. The van der Waals surface area contributed by atoms with Crippen LogP contribution in [0.4, 0.5) is 14.5 Å². The second-order valence-electron chi connectivity index (χ2n) is 4.54. The van der Waals surface area contributed by atoms with Crippen LogP contribution in [0.3, 0.4) is 0 Å². The van der Waals surface area contributed by atoms with Crippen molar-refractivity contribution in [3.8, 4) is 0 Å². The molecule has 0 amide bonds. The van der Waals surface area contributed by atoms with Crippen molar-refractivity contribution in [1.29, 1.82) is 0 Å². The zero-order valence-electron chi connectivity index (χ0n) is 11.3. The molecule has 2 N–H and O–H groups in total. The average Bonchev–Trinajstić information content (AvgIpc) is 2.41. The summed E-state index contributed by atoms with van der Waals surface area (Å²) >= 11 is 0. The zero-order chi connectivity index (χ0) is 15.6. The van der Waals surface area contributed by atoms with Crippen LogP contribution in [0.15, 0.2) is 47.4 Å². The van der Waals surface area contributed by atoms with Gasteiger partial charge in [0.2, 0.25) is 10.0 Å². The van der Waals surface area contributed by atoms with Gasteiger partial charge in [-0.3, -0.25) is 0 Å². The molecular weight excluding hydrogens is 298 g/mol. The van der Waals surface area contributed by atoms with Crippen LogP contribution in [0.5, 0.6) is 0 Å². The summed E-state index contributed by atoms with van der Waals surface area (Å²) in [6, 6.07) is 9.18. The summed E-state index contributed by atoms with van der Waals surface area (Å²) in [7, 11) is -2.63. The number of rotatable bonds is 4. The van der Waals surface area contributed by atoms with E-state index in [1.807, 2.05) is 0 Å². The summed E-state index contributed by atoms with van der Waals surface area (Å²) in [5.74, 6) is -1.25. The van der Waals surface area contributed by atoms with Crippen molar-refractivity contribution in [2.45, 2.75) is 11.4 Å². The molecule has 0 aliphatic carbocycles. The number of nitrogens with two attached hydrogens (primary N) is 1. The van der Waals surface area contributed by atoms with Crippen molar-refractivity contribution >= 4 is 15.7 Å². The van der Waals surface area contributed by atoms with Gasteiger partial charge >= 0.3 is 0 Å². The zero-order valence-corrected chi connectivity index (χ0v) is 12.1. The Labute approximate surface area is 121 Å². The smallest absolute Gasteiger partial charge is 0.245 e. The lowest BCUT2D eigenvalue weighted by molar-refractivity contribution is 0.465. The van der Waals surface area contributed by atoms with Gasteiger partial charge in [-0.05, 0) is 29.8 Å². The molecule has 0 radical (unpaired) electrons. The van der Waals surface area contributed by atoms with E-state index in [2.05, 4.69) is 0 Å². The van der Waals surface area contributed by atoms with Crippen LogP contribution in [0.1, 0.15) is 5.56 Å². The molecule has 0 saturated carbocycles. The maximum absolute atomic E-state index is 13.4. The third-order valence-electron chi connectivity index (χ3n) is 3.00. The highest BCUT2D eigenvalue weighted by Crippen LogP contribution is 2.24. The van der Waals surface area contributed by atoms with Crippen molar-refractivity contribution in [3.63, 3.8) is 0 Å². The molecule has 2 aromatic carbocycles. The van der Waals surface area contributed by atoms with Crippen LogP contribution in [-0.4, -0.2) is 19.8 Å². The van der Waals surface area contributed by atoms with E-state index in [0.717, 1.165) is 10.4 Å². The van der Waals surface area contributed by atoms with Crippen LogP contribution in [0.2, 0.25) is 0 Å². The minimum absolute atomic E-state index is 0.0456. The molecular formula is C14H14F2N2O2S. The van der Waals surface area contributed by atoms with Gasteiger partial charge in [-0.1, -0.05) is 18.2 Å². The van der Waals surface area contributed by atoms with E-state index >= 15 is 0 Å². The highest BCUT2D eigenvalue weighted by Gasteiger charge is 2.24. The van der Waals surface area contributed by atoms with Gasteiger partial charge in [0.05, 0.1) is 5.69 Å². The fourth-order valence-corrected chi connectivity index (χ4v) is 3.17. The molecule has 7 heteroatoms. The summed E-state index contributed by atoms with van der Waals surface area (Å²) in [6.45, 7) is -0.0456. The Hall–Kier alpha value is -1.99. The predicted molar refractivity (Wildman–Crippen MR) is 75.9 cm³/mol. The van der Waals surface area contributed by atoms with Gasteiger partial charge < -0.3 is 5.73 Å². The lowest BCUT2D eigenvalue weighted by Gasteiger charge is -2.18. The molecule has 0 aliphatic rings. The molecule has 2 aromatic rings. The highest BCUT2D eigenvalue weighted by atomic mass is 32.2. The Balaban J connectivity index is 2.33. The number of hydrogen-bond donors (Lipinski definition) is 1. The highest BCUT2D eigenvalue weighted by molar-refractivity contribution is 7.89. The van der Waals surface area contributed by atoms with Gasteiger partial charge in [0.1, 0.15) is 16.5 Å². The van der Waals surface area contributed by atoms with E-state index in [-0.39, 0.29) is 11.4 Å². The first-order chi connectivity index (χ1) is 9.82. The van der Waals surface area contributed by atoms with E-state index in [0.29, 0.717) is 5.56 Å². The van der Waals surface area contributed by atoms with Gasteiger partial charge in [-0.25, -0.2) is 17.2 Å². The second-order valence-corrected chi connectivity index (χ2v) is 6.56. The Morgan fingerprint density at radius 1 is 1.14 bits per heavy atom. The van der Waals surface area contributed by atoms with Gasteiger partial charge in [0, 0.05) is 13.6 Å². The maximum atomic E-state index is 13.4. The molecule has 0 aliphatic heterocycles. The van der Waals surface area contributed by atoms with Crippen molar-refractivity contribution in [3.05, 3.63) is 59.7 Å². The monoisotopic (exact) mass is 312 g/mol. The fraction of sp³-hybridized carbons (Fsp3) is 0.143. The topological polar surface area (TPSA) is 63.4 Å². The lowest BCUT2D eigenvalue weighted by Crippen LogP contribution is -2.27. The number of benzene rings is 2. The van der Waals surface area contributed by atoms with E-state index in [1.165, 1.54) is 37.4 Å².